The molecule has 2 N–H and O–H groups in total. The standard InChI is InChI=1S/C10H15N3/c11-9-4-5-12-10(8-9)13-6-2-1-3-7-13/h4-5,8H,1-3,6-7H2,(H2,11,12). The summed E-state index contributed by atoms with van der Waals surface area (Å²) < 4.78 is 0. The van der Waals surface area contributed by atoms with Crippen molar-refractivity contribution in [1.82, 2.24) is 4.98 Å². The van der Waals surface area contributed by atoms with Crippen molar-refractivity contribution >= 4 is 11.5 Å². The van der Waals surface area contributed by atoms with Gasteiger partial charge in [-0.3, -0.25) is 0 Å². The van der Waals surface area contributed by atoms with Crippen molar-refractivity contribution in [3.63, 3.8) is 0 Å². The van der Waals surface area contributed by atoms with Crippen molar-refractivity contribution in [1.29, 1.82) is 0 Å². The van der Waals surface area contributed by atoms with E-state index in [0.717, 1.165) is 24.6 Å². The summed E-state index contributed by atoms with van der Waals surface area (Å²) in [6, 6.07) is 3.78. The van der Waals surface area contributed by atoms with Gasteiger partial charge < -0.3 is 10.6 Å². The Kier molecular flexibility index (Phi) is 2.34. The van der Waals surface area contributed by atoms with E-state index in [9.17, 15) is 0 Å². The lowest BCUT2D eigenvalue weighted by atomic mass is 10.1. The Morgan fingerprint density at radius 1 is 1.23 bits per heavy atom. The van der Waals surface area contributed by atoms with Crippen LogP contribution in [0.25, 0.3) is 0 Å². The van der Waals surface area contributed by atoms with Crippen LogP contribution in [0, 0.1) is 0 Å². The van der Waals surface area contributed by atoms with Gasteiger partial charge in [0.15, 0.2) is 0 Å². The minimum atomic E-state index is 0.801. The first kappa shape index (κ1) is 8.35. The fourth-order valence-corrected chi connectivity index (χ4v) is 1.73. The summed E-state index contributed by atoms with van der Waals surface area (Å²) in [5.41, 5.74) is 6.50. The molecule has 1 saturated heterocycles. The SMILES string of the molecule is Nc1ccnc(N2CCCCC2)c1. The zero-order valence-electron chi connectivity index (χ0n) is 7.74. The Morgan fingerprint density at radius 3 is 2.69 bits per heavy atom. The molecule has 0 unspecified atom stereocenters. The maximum Gasteiger partial charge on any atom is 0.130 e. The Balaban J connectivity index is 2.14. The van der Waals surface area contributed by atoms with Crippen LogP contribution in [-0.4, -0.2) is 18.1 Å². The minimum Gasteiger partial charge on any atom is -0.399 e. The predicted octanol–water partition coefficient (Wildman–Crippen LogP) is 1.65. The molecule has 0 atom stereocenters. The van der Waals surface area contributed by atoms with Crippen LogP contribution in [0.1, 0.15) is 19.3 Å². The maximum atomic E-state index is 5.70. The van der Waals surface area contributed by atoms with Gasteiger partial charge in [-0.2, -0.15) is 0 Å². The molecule has 3 nitrogen and oxygen atoms in total. The van der Waals surface area contributed by atoms with Crippen LogP contribution in [0.5, 0.6) is 0 Å². The summed E-state index contributed by atoms with van der Waals surface area (Å²) >= 11 is 0. The molecule has 1 aromatic rings. The van der Waals surface area contributed by atoms with Gasteiger partial charge in [0.25, 0.3) is 0 Å². The summed E-state index contributed by atoms with van der Waals surface area (Å²) in [6.45, 7) is 2.24. The molecule has 1 aliphatic heterocycles. The summed E-state index contributed by atoms with van der Waals surface area (Å²) in [5, 5.41) is 0. The number of nitrogens with zero attached hydrogens (tertiary/aromatic N) is 2. The highest BCUT2D eigenvalue weighted by Crippen LogP contribution is 2.18. The number of pyridine rings is 1. The van der Waals surface area contributed by atoms with E-state index in [1.807, 2.05) is 12.1 Å². The third-order valence-corrected chi connectivity index (χ3v) is 2.45. The predicted molar refractivity (Wildman–Crippen MR) is 54.7 cm³/mol. The number of nitrogen functional groups attached to an aromatic ring is 1. The Morgan fingerprint density at radius 2 is 2.00 bits per heavy atom. The average Bonchev–Trinajstić information content (AvgIpc) is 2.19. The van der Waals surface area contributed by atoms with Crippen molar-refractivity contribution < 1.29 is 0 Å². The lowest BCUT2D eigenvalue weighted by Crippen LogP contribution is -2.30. The van der Waals surface area contributed by atoms with Gasteiger partial charge in [-0.1, -0.05) is 0 Å². The average molecular weight is 177 g/mol. The first-order chi connectivity index (χ1) is 6.36. The fourth-order valence-electron chi connectivity index (χ4n) is 1.73. The molecule has 0 aliphatic carbocycles. The molecule has 1 fully saturated rings. The highest BCUT2D eigenvalue weighted by atomic mass is 15.2. The number of rotatable bonds is 1. The van der Waals surface area contributed by atoms with Crippen LogP contribution in [0.2, 0.25) is 0 Å². The monoisotopic (exact) mass is 177 g/mol. The molecule has 0 spiro atoms. The van der Waals surface area contributed by atoms with Gasteiger partial charge in [-0.15, -0.1) is 0 Å². The van der Waals surface area contributed by atoms with Crippen LogP contribution in [0.15, 0.2) is 18.3 Å². The normalized spacial score (nSPS) is 17.4. The molecule has 0 radical (unpaired) electrons. The Hall–Kier alpha value is -1.25. The zero-order valence-corrected chi connectivity index (χ0v) is 7.74. The third kappa shape index (κ3) is 1.91. The second-order valence-electron chi connectivity index (χ2n) is 3.50. The minimum absolute atomic E-state index is 0.801. The maximum absolute atomic E-state index is 5.70. The number of nitrogens with two attached hydrogens (primary N) is 1. The fraction of sp³-hybridized carbons (Fsp3) is 0.500. The molecule has 13 heavy (non-hydrogen) atoms. The number of hydrogen-bond acceptors (Lipinski definition) is 3. The highest BCUT2D eigenvalue weighted by molar-refractivity contribution is 5.50. The van der Waals surface area contributed by atoms with Gasteiger partial charge in [0.05, 0.1) is 0 Å². The van der Waals surface area contributed by atoms with Crippen LogP contribution >= 0.6 is 0 Å². The smallest absolute Gasteiger partial charge is 0.130 e. The van der Waals surface area contributed by atoms with Gasteiger partial charge in [-0.05, 0) is 25.3 Å². The third-order valence-electron chi connectivity index (χ3n) is 2.45. The largest absolute Gasteiger partial charge is 0.399 e. The van der Waals surface area contributed by atoms with E-state index < -0.39 is 0 Å². The number of piperidine rings is 1. The quantitative estimate of drug-likeness (QED) is 0.709. The van der Waals surface area contributed by atoms with Gasteiger partial charge in [-0.25, -0.2) is 4.98 Å². The zero-order chi connectivity index (χ0) is 9.10. The molecule has 1 aliphatic rings. The van der Waals surface area contributed by atoms with Crippen molar-refractivity contribution in [2.45, 2.75) is 19.3 Å². The van der Waals surface area contributed by atoms with Crippen LogP contribution < -0.4 is 10.6 Å². The van der Waals surface area contributed by atoms with Gasteiger partial charge >= 0.3 is 0 Å². The summed E-state index contributed by atoms with van der Waals surface area (Å²) in [5.74, 6) is 1.03. The molecule has 0 saturated carbocycles. The second kappa shape index (κ2) is 3.64. The highest BCUT2D eigenvalue weighted by Gasteiger charge is 2.11. The van der Waals surface area contributed by atoms with Crippen molar-refractivity contribution in [3.8, 4) is 0 Å². The lowest BCUT2D eigenvalue weighted by molar-refractivity contribution is 0.573. The first-order valence-corrected chi connectivity index (χ1v) is 4.83. The van der Waals surface area contributed by atoms with Crippen LogP contribution in [0.3, 0.4) is 0 Å². The van der Waals surface area contributed by atoms with Gasteiger partial charge in [0, 0.05) is 31.0 Å². The number of anilines is 2. The number of hydrogen-bond donors (Lipinski definition) is 1. The van der Waals surface area contributed by atoms with E-state index in [1.165, 1.54) is 19.3 Å². The van der Waals surface area contributed by atoms with Gasteiger partial charge in [0.1, 0.15) is 5.82 Å². The summed E-state index contributed by atoms with van der Waals surface area (Å²) in [6.07, 6.45) is 5.67. The molecule has 0 amide bonds. The number of aromatic nitrogens is 1. The molecule has 2 heterocycles. The second-order valence-corrected chi connectivity index (χ2v) is 3.50. The molecule has 1 aromatic heterocycles. The van der Waals surface area contributed by atoms with E-state index >= 15 is 0 Å². The Bertz CT molecular complexity index is 279. The lowest BCUT2D eigenvalue weighted by Gasteiger charge is -2.27. The van der Waals surface area contributed by atoms with E-state index in [0.29, 0.717) is 0 Å². The van der Waals surface area contributed by atoms with E-state index in [2.05, 4.69) is 9.88 Å². The molecule has 0 aromatic carbocycles. The molecule has 3 heteroatoms. The van der Waals surface area contributed by atoms with E-state index in [1.54, 1.807) is 6.20 Å². The molecular weight excluding hydrogens is 162 g/mol. The Labute approximate surface area is 78.6 Å². The van der Waals surface area contributed by atoms with Crippen LogP contribution in [0.4, 0.5) is 11.5 Å². The van der Waals surface area contributed by atoms with Gasteiger partial charge in [0.2, 0.25) is 0 Å². The van der Waals surface area contributed by atoms with Crippen molar-refractivity contribution in [2.75, 3.05) is 23.7 Å². The molecule has 0 bridgehead atoms. The topological polar surface area (TPSA) is 42.1 Å². The molecule has 2 rings (SSSR count). The van der Waals surface area contributed by atoms with E-state index in [-0.39, 0.29) is 0 Å². The first-order valence-electron chi connectivity index (χ1n) is 4.83. The summed E-state index contributed by atoms with van der Waals surface area (Å²) in [7, 11) is 0. The van der Waals surface area contributed by atoms with Crippen LogP contribution in [-0.2, 0) is 0 Å². The van der Waals surface area contributed by atoms with Crippen molar-refractivity contribution in [3.05, 3.63) is 18.3 Å². The van der Waals surface area contributed by atoms with Crippen molar-refractivity contribution in [2.24, 2.45) is 0 Å². The summed E-state index contributed by atoms with van der Waals surface area (Å²) in [4.78, 5) is 6.61. The van der Waals surface area contributed by atoms with E-state index in [4.69, 9.17) is 5.73 Å². The molecular formula is C10H15N3. The molecule has 70 valence electrons.